The number of ketones is 2. The van der Waals surface area contributed by atoms with E-state index in [1.165, 1.54) is 70.8 Å². The van der Waals surface area contributed by atoms with Crippen molar-refractivity contribution in [1.82, 2.24) is 53.9 Å². The highest BCUT2D eigenvalue weighted by Gasteiger charge is 2.48. The van der Waals surface area contributed by atoms with E-state index in [9.17, 15) is 39.3 Å². The molecule has 3 saturated carbocycles. The highest BCUT2D eigenvalue weighted by Crippen LogP contribution is 2.45. The Morgan fingerprint density at radius 3 is 1.10 bits per heavy atom. The molecule has 9 aliphatic rings. The van der Waals surface area contributed by atoms with Gasteiger partial charge in [0.2, 0.25) is 11.6 Å². The average molecular weight is 1720 g/mol. The summed E-state index contributed by atoms with van der Waals surface area (Å²) < 4.78 is 3.88. The first-order valence-electron chi connectivity index (χ1n) is 48.2. The van der Waals surface area contributed by atoms with Crippen LogP contribution >= 0.6 is 11.3 Å². The van der Waals surface area contributed by atoms with Gasteiger partial charge in [0, 0.05) is 136 Å². The van der Waals surface area contributed by atoms with E-state index in [0.29, 0.717) is 88.2 Å². The van der Waals surface area contributed by atoms with Crippen molar-refractivity contribution in [1.29, 1.82) is 0 Å². The summed E-state index contributed by atoms with van der Waals surface area (Å²) in [7, 11) is 0. The lowest BCUT2D eigenvalue weighted by Crippen LogP contribution is -2.46. The average Bonchev–Trinajstić information content (AvgIpc) is 1.66. The maximum atomic E-state index is 13.2. The van der Waals surface area contributed by atoms with Gasteiger partial charge in [-0.15, -0.1) is 11.3 Å². The zero-order valence-electron chi connectivity index (χ0n) is 74.5. The van der Waals surface area contributed by atoms with Crippen molar-refractivity contribution in [2.24, 2.45) is 35.5 Å². The van der Waals surface area contributed by atoms with Gasteiger partial charge in [0.25, 0.3) is 0 Å². The molecule has 3 aliphatic carbocycles. The number of likely N-dealkylation sites (tertiary alicyclic amines) is 6. The molecule has 6 aromatic carbocycles. The van der Waals surface area contributed by atoms with Crippen LogP contribution in [0.1, 0.15) is 261 Å². The Hall–Kier alpha value is -9.12. The van der Waals surface area contributed by atoms with E-state index in [-0.39, 0.29) is 41.5 Å². The summed E-state index contributed by atoms with van der Waals surface area (Å²) in [5.74, 6) is 2.56. The van der Waals surface area contributed by atoms with Gasteiger partial charge in [-0.1, -0.05) is 240 Å². The van der Waals surface area contributed by atoms with Crippen molar-refractivity contribution >= 4 is 40.8 Å². The lowest BCUT2D eigenvalue weighted by Gasteiger charge is -2.35. The molecule has 9 fully saturated rings. The first kappa shape index (κ1) is 90.2. The van der Waals surface area contributed by atoms with Crippen LogP contribution in [-0.4, -0.2) is 215 Å². The van der Waals surface area contributed by atoms with Gasteiger partial charge >= 0.3 is 17.9 Å². The number of aryl methyl sites for hydroxylation is 2. The molecule has 18 rings (SSSR count). The van der Waals surface area contributed by atoms with Crippen LogP contribution in [0.25, 0.3) is 0 Å². The monoisotopic (exact) mass is 1720 g/mol. The molecule has 9 atom stereocenters. The van der Waals surface area contributed by atoms with Crippen LogP contribution in [0.5, 0.6) is 0 Å². The third-order valence-corrected chi connectivity index (χ3v) is 31.2. The van der Waals surface area contributed by atoms with E-state index in [4.69, 9.17) is 15.2 Å². The van der Waals surface area contributed by atoms with Crippen LogP contribution < -0.4 is 0 Å². The van der Waals surface area contributed by atoms with E-state index < -0.39 is 17.9 Å². The Bertz CT molecular complexity index is 4910. The van der Waals surface area contributed by atoms with Crippen LogP contribution in [0.15, 0.2) is 200 Å². The Labute approximate surface area is 751 Å². The summed E-state index contributed by atoms with van der Waals surface area (Å²) in [5.41, 5.74) is 11.4. The number of nitrogens with zero attached hydrogens (tertiary/aromatic N) is 11. The molecular formula is C106H135N11O8S. The Kier molecular flexibility index (Phi) is 31.4. The first-order chi connectivity index (χ1) is 61.7. The minimum atomic E-state index is -0.642. The molecule has 6 aliphatic heterocycles. The van der Waals surface area contributed by atoms with Crippen molar-refractivity contribution in [3.63, 3.8) is 0 Å². The maximum Gasteiger partial charge on any atom is 0.321 e. The number of benzene rings is 6. The Morgan fingerprint density at radius 2 is 0.730 bits per heavy atom. The van der Waals surface area contributed by atoms with Gasteiger partial charge in [-0.25, -0.2) is 4.98 Å². The minimum Gasteiger partial charge on any atom is -0.480 e. The summed E-state index contributed by atoms with van der Waals surface area (Å²) in [5, 5.41) is 44.1. The van der Waals surface area contributed by atoms with Crippen LogP contribution in [0.2, 0.25) is 0 Å². The number of aromatic nitrogens is 5. The molecule has 6 saturated heterocycles. The summed E-state index contributed by atoms with van der Waals surface area (Å²) in [6.45, 7) is 19.9. The molecule has 3 N–H and O–H groups in total. The van der Waals surface area contributed by atoms with Crippen molar-refractivity contribution in [3.8, 4) is 0 Å². The van der Waals surface area contributed by atoms with Crippen LogP contribution in [-0.2, 0) is 33.9 Å². The van der Waals surface area contributed by atoms with Gasteiger partial charge in [-0.2, -0.15) is 10.2 Å². The lowest BCUT2D eigenvalue weighted by molar-refractivity contribution is -0.146. The van der Waals surface area contributed by atoms with E-state index >= 15 is 0 Å². The zero-order chi connectivity index (χ0) is 86.8. The minimum absolute atomic E-state index is 0.0166. The molecule has 3 aromatic heterocycles. The lowest BCUT2D eigenvalue weighted by atomic mass is 9.83. The predicted octanol–water partition coefficient (Wildman–Crippen LogP) is 18.8. The van der Waals surface area contributed by atoms with E-state index in [2.05, 4.69) is 163 Å². The number of aliphatic carboxylic acids is 3. The molecule has 19 nitrogen and oxygen atoms in total. The van der Waals surface area contributed by atoms with Crippen LogP contribution in [0, 0.1) is 35.5 Å². The van der Waals surface area contributed by atoms with E-state index in [1.807, 2.05) is 89.1 Å². The maximum absolute atomic E-state index is 13.2. The fourth-order valence-corrected chi connectivity index (χ4v) is 24.7. The van der Waals surface area contributed by atoms with Crippen LogP contribution in [0.3, 0.4) is 0 Å². The molecule has 0 radical (unpaired) electrons. The second-order valence-electron chi connectivity index (χ2n) is 38.2. The normalized spacial score (nSPS) is 23.7. The molecule has 668 valence electrons. The molecule has 0 unspecified atom stereocenters. The van der Waals surface area contributed by atoms with E-state index in [0.717, 1.165) is 220 Å². The van der Waals surface area contributed by atoms with Crippen LogP contribution in [0.4, 0.5) is 0 Å². The summed E-state index contributed by atoms with van der Waals surface area (Å²) >= 11 is 1.80. The number of carbonyl (C=O) groups excluding carboxylic acids is 2. The van der Waals surface area contributed by atoms with Gasteiger partial charge in [0.1, 0.15) is 29.5 Å². The third-order valence-electron chi connectivity index (χ3n) is 30.3. The van der Waals surface area contributed by atoms with Crippen molar-refractivity contribution in [3.05, 3.63) is 266 Å². The highest BCUT2D eigenvalue weighted by molar-refractivity contribution is 7.09. The second kappa shape index (κ2) is 43.8. The smallest absolute Gasteiger partial charge is 0.321 e. The number of carboxylic acid groups (broad SMARTS) is 3. The van der Waals surface area contributed by atoms with Gasteiger partial charge < -0.3 is 30.0 Å². The summed E-state index contributed by atoms with van der Waals surface area (Å²) in [6.07, 6.45) is 24.3. The third kappa shape index (κ3) is 22.4. The highest BCUT2D eigenvalue weighted by atomic mass is 32.1. The van der Waals surface area contributed by atoms with Crippen molar-refractivity contribution in [2.45, 2.75) is 222 Å². The van der Waals surface area contributed by atoms with Crippen molar-refractivity contribution in [2.75, 3.05) is 98.2 Å². The SMILES string of the molecule is CCn1nc(C(=O)c2ccccc2)cc1C1CCN(C[C@H]2CN([C@@H](C(=O)O)C3CCCCC3)C[C@@H]2c2ccccc2)CC1.CCn1nc(C2CCN(C[C@H]3CN([C@@H](C(=O)O)C4CCCCC4)C[C@@H]3c3ccccc3)CC2)cc1C(=O)c1ccccc1.O=C(O)[C@@H](C1CCCCC1)N1C[C@H](CN2CCC(c3csc(Cc4ccccc4)n3)CC2)[C@@H](c2ccccc2)C1. The van der Waals surface area contributed by atoms with Crippen molar-refractivity contribution < 1.29 is 39.3 Å². The quantitative estimate of drug-likeness (QED) is 0.0372. The van der Waals surface area contributed by atoms with Gasteiger partial charge in [0.15, 0.2) is 0 Å². The molecule has 126 heavy (non-hydrogen) atoms. The Morgan fingerprint density at radius 1 is 0.381 bits per heavy atom. The van der Waals surface area contributed by atoms with E-state index in [1.54, 1.807) is 11.3 Å². The largest absolute Gasteiger partial charge is 0.480 e. The molecule has 9 aromatic rings. The topological polar surface area (TPSA) is 214 Å². The van der Waals surface area contributed by atoms with Gasteiger partial charge in [-0.05, 0) is 200 Å². The van der Waals surface area contributed by atoms with Gasteiger partial charge in [-0.3, -0.25) is 48.0 Å². The fraction of sp³-hybridized carbons (Fsp3) is 0.528. The predicted molar refractivity (Wildman–Crippen MR) is 499 cm³/mol. The molecule has 0 spiro atoms. The molecular weight excluding hydrogens is 1590 g/mol. The molecule has 0 amide bonds. The zero-order valence-corrected chi connectivity index (χ0v) is 75.3. The first-order valence-corrected chi connectivity index (χ1v) is 49.1. The number of thiazole rings is 1. The van der Waals surface area contributed by atoms with Gasteiger partial charge in [0.05, 0.1) is 16.4 Å². The molecule has 20 heteroatoms. The number of carboxylic acids is 3. The standard InChI is InChI=1S/2C36H46N4O3.C34H43N3O2S/c1-2-40-33(22-32(37-40)35(41)29-16-10-5-11-17-29)27-18-20-38(21-19-27)23-30-24-39(25-31(30)26-12-6-3-7-13-26)34(36(42)43)28-14-8-4-9-15-28;1-2-40-33(35(41)29-16-10-5-11-17-29)22-32(37-40)27-18-20-38(21-19-27)23-30-24-39(25-31(30)26-12-6-3-7-13-26)34(36(42)43)28-14-8-4-9-15-28;38-34(39)33(28-14-8-3-9-15-28)37-22-29(30(23-37)26-12-6-2-7-13-26)21-36-18-16-27(17-19-36)31-24-40-32(35-31)20-25-10-4-1-5-11-25/h2*3,5-7,10-13,16-17,22,27-28,30-31,34H,2,4,8-9,14-15,18-21,23-25H2,1H3,(H,42,43);1-2,4-7,10-13,24,27-30,33H,3,8-9,14-23H2,(H,38,39)/t2*30-,31+,34+;29-,30+,33+/m000/s1. The second-order valence-corrected chi connectivity index (χ2v) is 39.2. The number of carbonyl (C=O) groups is 5. The number of piperidine rings is 3. The summed E-state index contributed by atoms with van der Waals surface area (Å²) in [4.78, 5) is 83.9. The number of hydrogen-bond donors (Lipinski definition) is 3. The molecule has 9 heterocycles. The number of hydrogen-bond acceptors (Lipinski definition) is 15. The number of rotatable bonds is 29. The fourth-order valence-electron chi connectivity index (χ4n) is 23.8. The molecule has 0 bridgehead atoms. The summed E-state index contributed by atoms with van der Waals surface area (Å²) in [6, 6.07) is 64.8. The Balaban J connectivity index is 0.000000139.